The molecule has 2 rings (SSSR count). The zero-order valence-corrected chi connectivity index (χ0v) is 12.9. The van der Waals surface area contributed by atoms with Crippen molar-refractivity contribution in [2.45, 2.75) is 44.8 Å². The van der Waals surface area contributed by atoms with Gasteiger partial charge in [-0.05, 0) is 7.05 Å². The molecule has 4 nitrogen and oxygen atoms in total. The molecule has 1 saturated heterocycles. The Labute approximate surface area is 119 Å². The van der Waals surface area contributed by atoms with Crippen LogP contribution < -0.4 is 0 Å². The molecular formula is C14H24N2O2S. The van der Waals surface area contributed by atoms with Crippen LogP contribution >= 0.6 is 11.3 Å². The van der Waals surface area contributed by atoms with Crippen LogP contribution in [0.1, 0.15) is 43.3 Å². The van der Waals surface area contributed by atoms with Crippen molar-refractivity contribution in [3.05, 3.63) is 16.1 Å². The fourth-order valence-corrected chi connectivity index (χ4v) is 3.23. The Bertz CT molecular complexity index is 400. The molecule has 1 fully saturated rings. The Morgan fingerprint density at radius 2 is 2.16 bits per heavy atom. The summed E-state index contributed by atoms with van der Waals surface area (Å²) in [6, 6.07) is 0. The van der Waals surface area contributed by atoms with E-state index in [1.165, 1.54) is 5.01 Å². The highest BCUT2D eigenvalue weighted by Crippen LogP contribution is 2.23. The summed E-state index contributed by atoms with van der Waals surface area (Å²) in [5, 5.41) is 13.8. The number of likely N-dealkylation sites (N-methyl/N-ethyl adjacent to an activating group) is 1. The van der Waals surface area contributed by atoms with Crippen LogP contribution in [0.25, 0.3) is 0 Å². The average molecular weight is 284 g/mol. The van der Waals surface area contributed by atoms with Gasteiger partial charge in [0.25, 0.3) is 0 Å². The molecule has 1 aliphatic rings. The first-order chi connectivity index (χ1) is 8.98. The van der Waals surface area contributed by atoms with Gasteiger partial charge in [0.2, 0.25) is 0 Å². The van der Waals surface area contributed by atoms with Crippen LogP contribution in [0.4, 0.5) is 0 Å². The van der Waals surface area contributed by atoms with Gasteiger partial charge >= 0.3 is 0 Å². The Morgan fingerprint density at radius 1 is 1.47 bits per heavy atom. The quantitative estimate of drug-likeness (QED) is 0.901. The first kappa shape index (κ1) is 14.9. The van der Waals surface area contributed by atoms with Crippen LogP contribution in [0.2, 0.25) is 0 Å². The number of aromatic nitrogens is 1. The summed E-state index contributed by atoms with van der Waals surface area (Å²) in [6.07, 6.45) is 1.46. The third kappa shape index (κ3) is 4.24. The number of rotatable bonds is 5. The largest absolute Gasteiger partial charge is 0.388 e. The Morgan fingerprint density at radius 3 is 2.74 bits per heavy atom. The molecule has 108 valence electrons. The Hall–Kier alpha value is -0.490. The van der Waals surface area contributed by atoms with Gasteiger partial charge in [-0.15, -0.1) is 11.3 Å². The van der Waals surface area contributed by atoms with Crippen molar-refractivity contribution in [1.29, 1.82) is 0 Å². The summed E-state index contributed by atoms with van der Waals surface area (Å²) in [5.41, 5.74) is 0.510. The number of aliphatic hydroxyl groups is 1. The number of hydrogen-bond donors (Lipinski definition) is 1. The first-order valence-corrected chi connectivity index (χ1v) is 7.79. The minimum atomic E-state index is -0.593. The standard InChI is InChI=1S/C14H24N2O2S/c1-11(2)13-15-12(9-19-13)8-16(3)10-14(17)4-6-18-7-5-14/h9,11,17H,4-8,10H2,1-3H3. The second-order valence-corrected chi connectivity index (χ2v) is 6.73. The fraction of sp³-hybridized carbons (Fsp3) is 0.786. The fourth-order valence-electron chi connectivity index (χ4n) is 2.40. The van der Waals surface area contributed by atoms with E-state index < -0.39 is 5.60 Å². The Kier molecular flexibility index (Phi) is 4.95. The second kappa shape index (κ2) is 6.31. The summed E-state index contributed by atoms with van der Waals surface area (Å²) >= 11 is 1.72. The molecule has 1 N–H and O–H groups in total. The molecule has 0 aliphatic carbocycles. The van der Waals surface area contributed by atoms with Crippen molar-refractivity contribution in [2.75, 3.05) is 26.8 Å². The van der Waals surface area contributed by atoms with Gasteiger partial charge in [0.15, 0.2) is 0 Å². The van der Waals surface area contributed by atoms with Gasteiger partial charge in [-0.25, -0.2) is 4.98 Å². The van der Waals surface area contributed by atoms with Gasteiger partial charge in [-0.2, -0.15) is 0 Å². The molecule has 19 heavy (non-hydrogen) atoms. The van der Waals surface area contributed by atoms with E-state index in [1.54, 1.807) is 11.3 Å². The topological polar surface area (TPSA) is 45.6 Å². The van der Waals surface area contributed by atoms with Crippen molar-refractivity contribution >= 4 is 11.3 Å². The van der Waals surface area contributed by atoms with Crippen molar-refractivity contribution < 1.29 is 9.84 Å². The predicted molar refractivity (Wildman–Crippen MR) is 77.5 cm³/mol. The third-order valence-corrected chi connectivity index (χ3v) is 4.68. The maximum absolute atomic E-state index is 10.5. The molecule has 0 amide bonds. The summed E-state index contributed by atoms with van der Waals surface area (Å²) in [7, 11) is 2.04. The molecule has 2 heterocycles. The van der Waals surface area contributed by atoms with Gasteiger partial charge < -0.3 is 9.84 Å². The zero-order chi connectivity index (χ0) is 13.9. The highest BCUT2D eigenvalue weighted by atomic mass is 32.1. The van der Waals surface area contributed by atoms with E-state index in [-0.39, 0.29) is 0 Å². The molecule has 0 spiro atoms. The summed E-state index contributed by atoms with van der Waals surface area (Å²) in [4.78, 5) is 6.79. The number of thiazole rings is 1. The molecule has 1 aliphatic heterocycles. The molecule has 0 bridgehead atoms. The van der Waals surface area contributed by atoms with Crippen LogP contribution in [0, 0.1) is 0 Å². The van der Waals surface area contributed by atoms with E-state index in [4.69, 9.17) is 4.74 Å². The predicted octanol–water partition coefficient (Wildman–Crippen LogP) is 2.24. The molecule has 0 saturated carbocycles. The lowest BCUT2D eigenvalue weighted by molar-refractivity contribution is -0.0778. The van der Waals surface area contributed by atoms with Crippen LogP contribution in [0.3, 0.4) is 0 Å². The summed E-state index contributed by atoms with van der Waals surface area (Å²) in [5.74, 6) is 0.490. The molecule has 0 atom stereocenters. The monoisotopic (exact) mass is 284 g/mol. The zero-order valence-electron chi connectivity index (χ0n) is 12.1. The lowest BCUT2D eigenvalue weighted by Gasteiger charge is -2.35. The highest BCUT2D eigenvalue weighted by molar-refractivity contribution is 7.09. The summed E-state index contributed by atoms with van der Waals surface area (Å²) in [6.45, 7) is 7.14. The molecule has 0 unspecified atom stereocenters. The normalized spacial score (nSPS) is 19.3. The third-order valence-electron chi connectivity index (χ3n) is 3.48. The van der Waals surface area contributed by atoms with Crippen LogP contribution in [0.5, 0.6) is 0 Å². The van der Waals surface area contributed by atoms with E-state index in [0.29, 0.717) is 25.7 Å². The average Bonchev–Trinajstić information content (AvgIpc) is 2.77. The van der Waals surface area contributed by atoms with Crippen LogP contribution in [0.15, 0.2) is 5.38 Å². The SMILES string of the molecule is CC(C)c1nc(CN(C)CC2(O)CCOCC2)cs1. The maximum Gasteiger partial charge on any atom is 0.0954 e. The smallest absolute Gasteiger partial charge is 0.0954 e. The van der Waals surface area contributed by atoms with E-state index >= 15 is 0 Å². The van der Waals surface area contributed by atoms with E-state index in [1.807, 2.05) is 7.05 Å². The van der Waals surface area contributed by atoms with Crippen molar-refractivity contribution in [1.82, 2.24) is 9.88 Å². The van der Waals surface area contributed by atoms with E-state index in [2.05, 4.69) is 29.1 Å². The van der Waals surface area contributed by atoms with Gasteiger partial charge in [-0.3, -0.25) is 4.90 Å². The van der Waals surface area contributed by atoms with Crippen molar-refractivity contribution in [3.8, 4) is 0 Å². The van der Waals surface area contributed by atoms with E-state index in [9.17, 15) is 5.11 Å². The van der Waals surface area contributed by atoms with Crippen molar-refractivity contribution in [2.24, 2.45) is 0 Å². The molecule has 0 radical (unpaired) electrons. The first-order valence-electron chi connectivity index (χ1n) is 6.91. The van der Waals surface area contributed by atoms with Gasteiger partial charge in [-0.1, -0.05) is 13.8 Å². The van der Waals surface area contributed by atoms with Gasteiger partial charge in [0.05, 0.1) is 16.3 Å². The lowest BCUT2D eigenvalue weighted by Crippen LogP contribution is -2.45. The lowest BCUT2D eigenvalue weighted by atomic mass is 9.94. The molecule has 0 aromatic carbocycles. The Balaban J connectivity index is 1.87. The van der Waals surface area contributed by atoms with Gasteiger partial charge in [0, 0.05) is 50.4 Å². The number of nitrogens with zero attached hydrogens (tertiary/aromatic N) is 2. The second-order valence-electron chi connectivity index (χ2n) is 5.84. The molecule has 5 heteroatoms. The van der Waals surface area contributed by atoms with Crippen LogP contribution in [-0.4, -0.2) is 47.4 Å². The molecule has 1 aromatic rings. The number of ether oxygens (including phenoxy) is 1. The maximum atomic E-state index is 10.5. The van der Waals surface area contributed by atoms with Crippen molar-refractivity contribution in [3.63, 3.8) is 0 Å². The minimum Gasteiger partial charge on any atom is -0.388 e. The number of hydrogen-bond acceptors (Lipinski definition) is 5. The highest BCUT2D eigenvalue weighted by Gasteiger charge is 2.31. The molecular weight excluding hydrogens is 260 g/mol. The molecule has 1 aromatic heterocycles. The summed E-state index contributed by atoms with van der Waals surface area (Å²) < 4.78 is 5.31. The van der Waals surface area contributed by atoms with Gasteiger partial charge in [0.1, 0.15) is 0 Å². The minimum absolute atomic E-state index is 0.490. The van der Waals surface area contributed by atoms with E-state index in [0.717, 1.165) is 25.1 Å². The van der Waals surface area contributed by atoms with Crippen LogP contribution in [-0.2, 0) is 11.3 Å².